The van der Waals surface area contributed by atoms with Crippen LogP contribution in [0.5, 0.6) is 0 Å². The van der Waals surface area contributed by atoms with Gasteiger partial charge in [-0.3, -0.25) is 4.40 Å². The van der Waals surface area contributed by atoms with E-state index in [0.29, 0.717) is 0 Å². The van der Waals surface area contributed by atoms with Gasteiger partial charge in [-0.1, -0.05) is 0 Å². The van der Waals surface area contributed by atoms with E-state index in [9.17, 15) is 0 Å². The summed E-state index contributed by atoms with van der Waals surface area (Å²) >= 11 is 3.28. The number of aryl methyl sites for hydroxylation is 1. The minimum Gasteiger partial charge on any atom is -0.291 e. The molecule has 0 unspecified atom stereocenters. The summed E-state index contributed by atoms with van der Waals surface area (Å²) in [7, 11) is 0. The van der Waals surface area contributed by atoms with Gasteiger partial charge in [0.15, 0.2) is 0 Å². The first-order valence-corrected chi connectivity index (χ1v) is 4.03. The Morgan fingerprint density at radius 2 is 2.27 bits per heavy atom. The Morgan fingerprint density at radius 3 is 3.09 bits per heavy atom. The monoisotopic (exact) mass is 211 g/mol. The van der Waals surface area contributed by atoms with Gasteiger partial charge in [-0.05, 0) is 28.9 Å². The number of hydrogen-bond acceptors (Lipinski definition) is 2. The molecule has 0 fully saturated rings. The lowest BCUT2D eigenvalue weighted by molar-refractivity contribution is 1.09. The van der Waals surface area contributed by atoms with Crippen molar-refractivity contribution in [3.8, 4) is 0 Å². The zero-order valence-electron chi connectivity index (χ0n) is 5.95. The lowest BCUT2D eigenvalue weighted by Crippen LogP contribution is -1.85. The summed E-state index contributed by atoms with van der Waals surface area (Å²) < 4.78 is 2.70. The van der Waals surface area contributed by atoms with Crippen molar-refractivity contribution in [2.75, 3.05) is 0 Å². The average molecular weight is 212 g/mol. The molecule has 3 nitrogen and oxygen atoms in total. The minimum atomic E-state index is 0.733. The molecule has 0 aromatic carbocycles. The van der Waals surface area contributed by atoms with Crippen molar-refractivity contribution >= 4 is 21.7 Å². The number of fused-ring (bicyclic) bond motifs is 1. The van der Waals surface area contributed by atoms with Gasteiger partial charge >= 0.3 is 0 Å². The van der Waals surface area contributed by atoms with Crippen LogP contribution in [-0.2, 0) is 0 Å². The number of nitrogens with zero attached hydrogens (tertiary/aromatic N) is 3. The van der Waals surface area contributed by atoms with E-state index in [1.54, 1.807) is 0 Å². The molecule has 0 amide bonds. The van der Waals surface area contributed by atoms with E-state index in [2.05, 4.69) is 25.9 Å². The number of aromatic nitrogens is 3. The molecule has 0 bridgehead atoms. The van der Waals surface area contributed by atoms with Crippen molar-refractivity contribution in [2.45, 2.75) is 6.92 Å². The molecule has 0 saturated heterocycles. The predicted octanol–water partition coefficient (Wildman–Crippen LogP) is 1.80. The van der Waals surface area contributed by atoms with E-state index in [1.807, 2.05) is 29.8 Å². The van der Waals surface area contributed by atoms with Crippen LogP contribution in [0.2, 0.25) is 0 Å². The van der Waals surface area contributed by atoms with E-state index >= 15 is 0 Å². The third kappa shape index (κ3) is 1.14. The van der Waals surface area contributed by atoms with E-state index in [-0.39, 0.29) is 0 Å². The standard InChI is InChI=1S/C7H6BrN3/c1-5-4-11-3-2-6(8)10-7(11)9-5/h2-4H,1H3. The van der Waals surface area contributed by atoms with Crippen LogP contribution in [-0.4, -0.2) is 14.4 Å². The summed E-state index contributed by atoms with van der Waals surface area (Å²) in [6.45, 7) is 1.95. The average Bonchev–Trinajstić information content (AvgIpc) is 2.27. The van der Waals surface area contributed by atoms with Gasteiger partial charge in [0.25, 0.3) is 0 Å². The first-order chi connectivity index (χ1) is 5.25. The fraction of sp³-hybridized carbons (Fsp3) is 0.143. The lowest BCUT2D eigenvalue weighted by Gasteiger charge is -1.90. The van der Waals surface area contributed by atoms with E-state index in [1.165, 1.54) is 0 Å². The molecule has 0 aliphatic heterocycles. The predicted molar refractivity (Wildman–Crippen MR) is 45.4 cm³/mol. The molecule has 4 heteroatoms. The Bertz CT molecular complexity index is 393. The third-order valence-corrected chi connectivity index (χ3v) is 1.85. The van der Waals surface area contributed by atoms with Crippen LogP contribution in [0.15, 0.2) is 23.1 Å². The van der Waals surface area contributed by atoms with Crippen molar-refractivity contribution in [3.63, 3.8) is 0 Å². The van der Waals surface area contributed by atoms with Gasteiger partial charge in [0.1, 0.15) is 4.60 Å². The summed E-state index contributed by atoms with van der Waals surface area (Å²) in [5.41, 5.74) is 0.982. The quantitative estimate of drug-likeness (QED) is 0.623. The Balaban J connectivity index is 2.82. The van der Waals surface area contributed by atoms with E-state index < -0.39 is 0 Å². The van der Waals surface area contributed by atoms with E-state index in [4.69, 9.17) is 0 Å². The fourth-order valence-electron chi connectivity index (χ4n) is 0.970. The summed E-state index contributed by atoms with van der Waals surface area (Å²) in [6.07, 6.45) is 3.86. The summed E-state index contributed by atoms with van der Waals surface area (Å²) in [5.74, 6) is 0.733. The van der Waals surface area contributed by atoms with Crippen LogP contribution in [0.1, 0.15) is 5.69 Å². The first-order valence-electron chi connectivity index (χ1n) is 3.23. The summed E-state index contributed by atoms with van der Waals surface area (Å²) in [5, 5.41) is 0. The molecule has 0 aliphatic carbocycles. The lowest BCUT2D eigenvalue weighted by atomic mass is 10.6. The highest BCUT2D eigenvalue weighted by Crippen LogP contribution is 2.07. The second kappa shape index (κ2) is 2.30. The van der Waals surface area contributed by atoms with Gasteiger partial charge in [-0.15, -0.1) is 0 Å². The normalized spacial score (nSPS) is 10.7. The van der Waals surface area contributed by atoms with Crippen LogP contribution in [0, 0.1) is 6.92 Å². The van der Waals surface area contributed by atoms with Crippen LogP contribution in [0.3, 0.4) is 0 Å². The highest BCUT2D eigenvalue weighted by atomic mass is 79.9. The van der Waals surface area contributed by atoms with Gasteiger partial charge in [-0.25, -0.2) is 9.97 Å². The maximum absolute atomic E-state index is 4.20. The highest BCUT2D eigenvalue weighted by molar-refractivity contribution is 9.10. The molecule has 0 aliphatic rings. The summed E-state index contributed by atoms with van der Waals surface area (Å²) in [4.78, 5) is 8.36. The smallest absolute Gasteiger partial charge is 0.235 e. The van der Waals surface area contributed by atoms with Crippen molar-refractivity contribution in [1.82, 2.24) is 14.4 Å². The summed E-state index contributed by atoms with van der Waals surface area (Å²) in [6, 6.07) is 1.88. The number of rotatable bonds is 0. The molecule has 56 valence electrons. The Kier molecular flexibility index (Phi) is 1.42. The first kappa shape index (κ1) is 6.79. The fourth-order valence-corrected chi connectivity index (χ4v) is 1.25. The molecule has 0 saturated carbocycles. The van der Waals surface area contributed by atoms with Crippen molar-refractivity contribution in [2.24, 2.45) is 0 Å². The number of imidazole rings is 1. The molecule has 0 spiro atoms. The van der Waals surface area contributed by atoms with Crippen LogP contribution < -0.4 is 0 Å². The van der Waals surface area contributed by atoms with Crippen LogP contribution in [0.25, 0.3) is 5.78 Å². The van der Waals surface area contributed by atoms with Crippen molar-refractivity contribution in [1.29, 1.82) is 0 Å². The molecule has 11 heavy (non-hydrogen) atoms. The highest BCUT2D eigenvalue weighted by Gasteiger charge is 1.97. The Morgan fingerprint density at radius 1 is 1.45 bits per heavy atom. The Hall–Kier alpha value is -0.900. The number of halogens is 1. The molecule has 2 heterocycles. The van der Waals surface area contributed by atoms with Gasteiger partial charge in [0.05, 0.1) is 5.69 Å². The van der Waals surface area contributed by atoms with E-state index in [0.717, 1.165) is 16.1 Å². The van der Waals surface area contributed by atoms with Gasteiger partial charge in [0.2, 0.25) is 5.78 Å². The zero-order chi connectivity index (χ0) is 7.84. The van der Waals surface area contributed by atoms with Gasteiger partial charge < -0.3 is 0 Å². The third-order valence-electron chi connectivity index (χ3n) is 1.41. The zero-order valence-corrected chi connectivity index (χ0v) is 7.54. The second-order valence-corrected chi connectivity index (χ2v) is 3.15. The molecule has 0 atom stereocenters. The maximum Gasteiger partial charge on any atom is 0.235 e. The van der Waals surface area contributed by atoms with Gasteiger partial charge in [-0.2, -0.15) is 0 Å². The van der Waals surface area contributed by atoms with Gasteiger partial charge in [0, 0.05) is 12.4 Å². The molecular weight excluding hydrogens is 206 g/mol. The molecule has 2 aromatic rings. The number of hydrogen-bond donors (Lipinski definition) is 0. The topological polar surface area (TPSA) is 30.2 Å². The molecule has 0 N–H and O–H groups in total. The molecule has 2 rings (SSSR count). The Labute approximate surface area is 72.2 Å². The maximum atomic E-state index is 4.20. The SMILES string of the molecule is Cc1cn2ccc(Br)nc2n1. The molecule has 0 radical (unpaired) electrons. The minimum absolute atomic E-state index is 0.733. The molecule has 2 aromatic heterocycles. The van der Waals surface area contributed by atoms with Crippen LogP contribution >= 0.6 is 15.9 Å². The van der Waals surface area contributed by atoms with Crippen LogP contribution in [0.4, 0.5) is 0 Å². The van der Waals surface area contributed by atoms with Crippen molar-refractivity contribution in [3.05, 3.63) is 28.8 Å². The molecular formula is C7H6BrN3. The largest absolute Gasteiger partial charge is 0.291 e. The second-order valence-electron chi connectivity index (χ2n) is 2.34. The van der Waals surface area contributed by atoms with Crippen molar-refractivity contribution < 1.29 is 0 Å².